The van der Waals surface area contributed by atoms with E-state index in [2.05, 4.69) is 14.9 Å². The van der Waals surface area contributed by atoms with Crippen LogP contribution in [0.1, 0.15) is 5.56 Å². The van der Waals surface area contributed by atoms with Gasteiger partial charge in [0.05, 0.1) is 18.5 Å². The molecule has 0 saturated carbocycles. The fraction of sp³-hybridized carbons (Fsp3) is 0.250. The molecular weight excluding hydrogens is 346 g/mol. The zero-order chi connectivity index (χ0) is 18.6. The minimum absolute atomic E-state index is 0.245. The maximum absolute atomic E-state index is 9.96. The van der Waals surface area contributed by atoms with Crippen molar-refractivity contribution in [2.75, 3.05) is 25.8 Å². The Bertz CT molecular complexity index is 939. The molecule has 27 heavy (non-hydrogen) atoms. The number of anilines is 1. The van der Waals surface area contributed by atoms with Crippen molar-refractivity contribution >= 4 is 5.95 Å². The summed E-state index contributed by atoms with van der Waals surface area (Å²) < 4.78 is 18.2. The van der Waals surface area contributed by atoms with Crippen molar-refractivity contribution in [2.24, 2.45) is 0 Å². The maximum Gasteiger partial charge on any atom is 0.231 e. The van der Waals surface area contributed by atoms with Gasteiger partial charge in [-0.3, -0.25) is 0 Å². The molecule has 0 aliphatic carbocycles. The van der Waals surface area contributed by atoms with E-state index in [0.29, 0.717) is 25.6 Å². The van der Waals surface area contributed by atoms with Gasteiger partial charge in [-0.05, 0) is 24.3 Å². The molecule has 7 heteroatoms. The van der Waals surface area contributed by atoms with Gasteiger partial charge in [0.25, 0.3) is 0 Å². The maximum atomic E-state index is 9.96. The SMILES string of the molecule is COCCn1c(-c2ccc3c(c2)OCO3)cnc1NCc1ccccc1O. The van der Waals surface area contributed by atoms with Crippen LogP contribution in [0.15, 0.2) is 48.7 Å². The van der Waals surface area contributed by atoms with Gasteiger partial charge in [0.15, 0.2) is 11.5 Å². The smallest absolute Gasteiger partial charge is 0.231 e. The second-order valence-electron chi connectivity index (χ2n) is 6.16. The lowest BCUT2D eigenvalue weighted by Gasteiger charge is -2.13. The van der Waals surface area contributed by atoms with E-state index in [4.69, 9.17) is 14.2 Å². The van der Waals surface area contributed by atoms with Crippen LogP contribution in [-0.2, 0) is 17.8 Å². The molecule has 0 fully saturated rings. The Labute approximate surface area is 157 Å². The van der Waals surface area contributed by atoms with Crippen LogP contribution in [0.4, 0.5) is 5.95 Å². The first-order valence-electron chi connectivity index (χ1n) is 8.71. The van der Waals surface area contributed by atoms with E-state index < -0.39 is 0 Å². The van der Waals surface area contributed by atoms with E-state index >= 15 is 0 Å². The van der Waals surface area contributed by atoms with Gasteiger partial charge >= 0.3 is 0 Å². The summed E-state index contributed by atoms with van der Waals surface area (Å²) in [6.45, 7) is 1.91. The number of hydrogen-bond donors (Lipinski definition) is 2. The van der Waals surface area contributed by atoms with Crippen LogP contribution < -0.4 is 14.8 Å². The summed E-state index contributed by atoms with van der Waals surface area (Å²) in [4.78, 5) is 4.53. The van der Waals surface area contributed by atoms with Crippen molar-refractivity contribution in [1.82, 2.24) is 9.55 Å². The molecule has 1 aliphatic heterocycles. The van der Waals surface area contributed by atoms with Crippen LogP contribution in [0.3, 0.4) is 0 Å². The highest BCUT2D eigenvalue weighted by Crippen LogP contribution is 2.36. The molecule has 140 valence electrons. The molecule has 0 saturated heterocycles. The molecule has 1 aliphatic rings. The molecule has 0 spiro atoms. The first-order valence-corrected chi connectivity index (χ1v) is 8.71. The highest BCUT2D eigenvalue weighted by molar-refractivity contribution is 5.66. The number of aromatic hydroxyl groups is 1. The summed E-state index contributed by atoms with van der Waals surface area (Å²) in [6.07, 6.45) is 1.82. The summed E-state index contributed by atoms with van der Waals surface area (Å²) in [5.74, 6) is 2.45. The molecule has 2 aromatic carbocycles. The van der Waals surface area contributed by atoms with Gasteiger partial charge in [-0.15, -0.1) is 0 Å². The lowest BCUT2D eigenvalue weighted by molar-refractivity contribution is 0.174. The van der Waals surface area contributed by atoms with Crippen molar-refractivity contribution in [3.63, 3.8) is 0 Å². The number of nitrogens with zero attached hydrogens (tertiary/aromatic N) is 2. The molecule has 2 heterocycles. The predicted octanol–water partition coefficient (Wildman–Crippen LogP) is 3.24. The van der Waals surface area contributed by atoms with Crippen LogP contribution in [-0.4, -0.2) is 35.2 Å². The normalized spacial score (nSPS) is 12.3. The minimum atomic E-state index is 0.245. The average molecular weight is 367 g/mol. The lowest BCUT2D eigenvalue weighted by Crippen LogP contribution is -2.11. The first-order chi connectivity index (χ1) is 13.3. The number of aromatic nitrogens is 2. The molecule has 0 unspecified atom stereocenters. The highest BCUT2D eigenvalue weighted by Gasteiger charge is 2.17. The monoisotopic (exact) mass is 367 g/mol. The number of methoxy groups -OCH3 is 1. The van der Waals surface area contributed by atoms with Gasteiger partial charge in [0.2, 0.25) is 12.7 Å². The van der Waals surface area contributed by atoms with E-state index in [1.165, 1.54) is 0 Å². The summed E-state index contributed by atoms with van der Waals surface area (Å²) in [5.41, 5.74) is 2.74. The Kier molecular flexibility index (Phi) is 4.84. The van der Waals surface area contributed by atoms with Gasteiger partial charge in [0, 0.05) is 31.3 Å². The third-order valence-corrected chi connectivity index (χ3v) is 4.47. The Morgan fingerprint density at radius 2 is 2.04 bits per heavy atom. The van der Waals surface area contributed by atoms with E-state index in [1.54, 1.807) is 19.2 Å². The topological polar surface area (TPSA) is 77.8 Å². The summed E-state index contributed by atoms with van der Waals surface area (Å²) in [6, 6.07) is 13.1. The van der Waals surface area contributed by atoms with Gasteiger partial charge < -0.3 is 29.2 Å². The summed E-state index contributed by atoms with van der Waals surface area (Å²) in [5, 5.41) is 13.3. The number of imidazole rings is 1. The molecule has 4 rings (SSSR count). The van der Waals surface area contributed by atoms with Crippen LogP contribution in [0.25, 0.3) is 11.3 Å². The molecular formula is C20H21N3O4. The summed E-state index contributed by atoms with van der Waals surface area (Å²) in [7, 11) is 1.67. The van der Waals surface area contributed by atoms with Gasteiger partial charge in [-0.2, -0.15) is 0 Å². The molecule has 2 N–H and O–H groups in total. The lowest BCUT2D eigenvalue weighted by atomic mass is 10.1. The Hall–Kier alpha value is -3.19. The van der Waals surface area contributed by atoms with Crippen molar-refractivity contribution in [2.45, 2.75) is 13.1 Å². The standard InChI is InChI=1S/C20H21N3O4/c1-25-9-8-23-16(14-6-7-18-19(10-14)27-13-26-18)12-22-20(23)21-11-15-4-2-3-5-17(15)24/h2-7,10,12,24H,8-9,11,13H2,1H3,(H,21,22). The van der Waals surface area contributed by atoms with Crippen LogP contribution in [0, 0.1) is 0 Å². The van der Waals surface area contributed by atoms with Crippen LogP contribution in [0.2, 0.25) is 0 Å². The number of hydrogen-bond acceptors (Lipinski definition) is 6. The average Bonchev–Trinajstić information content (AvgIpc) is 3.31. The highest BCUT2D eigenvalue weighted by atomic mass is 16.7. The van der Waals surface area contributed by atoms with Crippen molar-refractivity contribution in [3.8, 4) is 28.5 Å². The van der Waals surface area contributed by atoms with E-state index in [0.717, 1.165) is 28.3 Å². The molecule has 1 aromatic heterocycles. The predicted molar refractivity (Wildman–Crippen MR) is 101 cm³/mol. The van der Waals surface area contributed by atoms with Crippen molar-refractivity contribution < 1.29 is 19.3 Å². The number of para-hydroxylation sites is 1. The number of rotatable bonds is 7. The molecule has 0 radical (unpaired) electrons. The fourth-order valence-electron chi connectivity index (χ4n) is 3.05. The van der Waals surface area contributed by atoms with Crippen molar-refractivity contribution in [3.05, 3.63) is 54.2 Å². The third-order valence-electron chi connectivity index (χ3n) is 4.47. The number of phenols is 1. The minimum Gasteiger partial charge on any atom is -0.508 e. The summed E-state index contributed by atoms with van der Waals surface area (Å²) >= 11 is 0. The first kappa shape index (κ1) is 17.2. The number of phenolic OH excluding ortho intramolecular Hbond substituents is 1. The quantitative estimate of drug-likeness (QED) is 0.668. The Morgan fingerprint density at radius 3 is 2.89 bits per heavy atom. The van der Waals surface area contributed by atoms with Gasteiger partial charge in [-0.1, -0.05) is 18.2 Å². The van der Waals surface area contributed by atoms with E-state index in [9.17, 15) is 5.11 Å². The molecule has 0 atom stereocenters. The van der Waals surface area contributed by atoms with Gasteiger partial charge in [0.1, 0.15) is 5.75 Å². The molecule has 3 aromatic rings. The fourth-order valence-corrected chi connectivity index (χ4v) is 3.05. The molecule has 0 amide bonds. The van der Waals surface area contributed by atoms with Crippen molar-refractivity contribution in [1.29, 1.82) is 0 Å². The van der Waals surface area contributed by atoms with Gasteiger partial charge in [-0.25, -0.2) is 4.98 Å². The van der Waals surface area contributed by atoms with Crippen LogP contribution in [0.5, 0.6) is 17.2 Å². The zero-order valence-electron chi connectivity index (χ0n) is 15.0. The molecule has 0 bridgehead atoms. The van der Waals surface area contributed by atoms with E-state index in [1.807, 2.05) is 36.5 Å². The number of nitrogens with one attached hydrogen (secondary N) is 1. The number of ether oxygens (including phenoxy) is 3. The molecule has 7 nitrogen and oxygen atoms in total. The number of fused-ring (bicyclic) bond motifs is 1. The van der Waals surface area contributed by atoms with Crippen LogP contribution >= 0.6 is 0 Å². The number of benzene rings is 2. The van der Waals surface area contributed by atoms with E-state index in [-0.39, 0.29) is 12.5 Å². The Balaban J connectivity index is 1.61. The zero-order valence-corrected chi connectivity index (χ0v) is 15.0. The largest absolute Gasteiger partial charge is 0.508 e. The Morgan fingerprint density at radius 1 is 1.19 bits per heavy atom. The second-order valence-corrected chi connectivity index (χ2v) is 6.16. The third kappa shape index (κ3) is 3.54. The second kappa shape index (κ2) is 7.59.